The number of aromatic nitrogens is 1. The van der Waals surface area contributed by atoms with Crippen LogP contribution in [0.2, 0.25) is 0 Å². The van der Waals surface area contributed by atoms with Gasteiger partial charge in [0.2, 0.25) is 0 Å². The fraction of sp³-hybridized carbons (Fsp3) is 0.233. The zero-order valence-electron chi connectivity index (χ0n) is 18.7. The molecule has 0 spiro atoms. The Labute approximate surface area is 184 Å². The fourth-order valence-corrected chi connectivity index (χ4v) is 5.76. The largest absolute Gasteiger partial charge is 0.248 e. The van der Waals surface area contributed by atoms with Crippen molar-refractivity contribution in [2.24, 2.45) is 0 Å². The van der Waals surface area contributed by atoms with Crippen molar-refractivity contribution >= 4 is 10.8 Å². The van der Waals surface area contributed by atoms with Gasteiger partial charge in [0, 0.05) is 22.6 Å². The molecule has 0 atom stereocenters. The summed E-state index contributed by atoms with van der Waals surface area (Å²) in [5, 5.41) is 2.84. The van der Waals surface area contributed by atoms with Crippen LogP contribution in [0.4, 0.5) is 0 Å². The summed E-state index contributed by atoms with van der Waals surface area (Å²) in [4.78, 5) is 4.37. The standard InChI is InChI=1S/C30H25N/c1-18-15-23-28-26-21(18)10-8-11-22(26)29(2,3)24-16-19(12-13-20-9-6-7-14-31-20)17-25(27(24)28)30(23,4)5/h6-11,14-17H,1-5H3. The number of rotatable bonds is 0. The van der Waals surface area contributed by atoms with Gasteiger partial charge in [-0.15, -0.1) is 0 Å². The fourth-order valence-electron chi connectivity index (χ4n) is 5.76. The van der Waals surface area contributed by atoms with E-state index in [-0.39, 0.29) is 10.8 Å². The average molecular weight is 400 g/mol. The molecule has 1 nitrogen and oxygen atoms in total. The van der Waals surface area contributed by atoms with E-state index in [1.54, 1.807) is 6.20 Å². The van der Waals surface area contributed by atoms with E-state index in [0.717, 1.165) is 11.3 Å². The van der Waals surface area contributed by atoms with Crippen LogP contribution in [0.3, 0.4) is 0 Å². The second-order valence-electron chi connectivity index (χ2n) is 10.0. The van der Waals surface area contributed by atoms with Crippen LogP contribution in [0, 0.1) is 18.8 Å². The summed E-state index contributed by atoms with van der Waals surface area (Å²) in [5.74, 6) is 6.67. The Morgan fingerprint density at radius 2 is 1.42 bits per heavy atom. The SMILES string of the molecule is Cc1cc2c3c4c(cccc14)C(C)(C)c1cc(C#Cc4ccccn4)cc(c1-3)C2(C)C. The van der Waals surface area contributed by atoms with Gasteiger partial charge in [0.1, 0.15) is 5.69 Å². The van der Waals surface area contributed by atoms with Crippen LogP contribution in [-0.2, 0) is 10.8 Å². The molecule has 0 saturated heterocycles. The number of aryl methyl sites for hydroxylation is 1. The van der Waals surface area contributed by atoms with Gasteiger partial charge in [0.25, 0.3) is 0 Å². The third-order valence-electron chi connectivity index (χ3n) is 7.45. The lowest BCUT2D eigenvalue weighted by atomic mass is 9.68. The minimum Gasteiger partial charge on any atom is -0.248 e. The van der Waals surface area contributed by atoms with Crippen molar-refractivity contribution in [3.05, 3.63) is 99.9 Å². The summed E-state index contributed by atoms with van der Waals surface area (Å²) >= 11 is 0. The van der Waals surface area contributed by atoms with Gasteiger partial charge in [-0.05, 0) is 86.8 Å². The quantitative estimate of drug-likeness (QED) is 0.293. The molecule has 0 unspecified atom stereocenters. The number of benzene rings is 3. The van der Waals surface area contributed by atoms with E-state index in [1.165, 1.54) is 49.7 Å². The monoisotopic (exact) mass is 399 g/mol. The van der Waals surface area contributed by atoms with Gasteiger partial charge in [-0.1, -0.05) is 63.9 Å². The number of nitrogens with zero attached hydrogens (tertiary/aromatic N) is 1. The molecular formula is C30H25N. The molecule has 150 valence electrons. The summed E-state index contributed by atoms with van der Waals surface area (Å²) in [6.45, 7) is 11.7. The van der Waals surface area contributed by atoms with Crippen molar-refractivity contribution in [2.75, 3.05) is 0 Å². The second kappa shape index (κ2) is 5.86. The minimum atomic E-state index is -0.0786. The van der Waals surface area contributed by atoms with Crippen molar-refractivity contribution in [3.8, 4) is 23.0 Å². The van der Waals surface area contributed by atoms with E-state index in [2.05, 4.69) is 87.8 Å². The number of pyridine rings is 1. The Morgan fingerprint density at radius 1 is 0.710 bits per heavy atom. The van der Waals surface area contributed by atoms with Crippen LogP contribution in [0.25, 0.3) is 21.9 Å². The third-order valence-corrected chi connectivity index (χ3v) is 7.45. The highest BCUT2D eigenvalue weighted by molar-refractivity contribution is 6.09. The third kappa shape index (κ3) is 2.31. The molecule has 0 amide bonds. The second-order valence-corrected chi connectivity index (χ2v) is 10.0. The van der Waals surface area contributed by atoms with Gasteiger partial charge in [-0.2, -0.15) is 0 Å². The van der Waals surface area contributed by atoms with Gasteiger partial charge < -0.3 is 0 Å². The molecule has 3 aromatic carbocycles. The number of hydrogen-bond acceptors (Lipinski definition) is 1. The molecular weight excluding hydrogens is 374 g/mol. The molecule has 0 bridgehead atoms. The molecule has 6 rings (SSSR count). The Hall–Kier alpha value is -3.37. The summed E-state index contributed by atoms with van der Waals surface area (Å²) in [6.07, 6.45) is 1.80. The first-order chi connectivity index (χ1) is 14.8. The molecule has 0 aliphatic heterocycles. The van der Waals surface area contributed by atoms with Crippen LogP contribution in [-0.4, -0.2) is 4.98 Å². The Morgan fingerprint density at radius 3 is 2.13 bits per heavy atom. The average Bonchev–Trinajstić information content (AvgIpc) is 2.98. The van der Waals surface area contributed by atoms with E-state index in [9.17, 15) is 0 Å². The predicted molar refractivity (Wildman–Crippen MR) is 129 cm³/mol. The molecule has 2 aliphatic rings. The maximum atomic E-state index is 4.37. The smallest absolute Gasteiger partial charge is 0.113 e. The Kier molecular flexibility index (Phi) is 3.48. The van der Waals surface area contributed by atoms with Gasteiger partial charge >= 0.3 is 0 Å². The highest BCUT2D eigenvalue weighted by atomic mass is 14.6. The molecule has 31 heavy (non-hydrogen) atoms. The highest BCUT2D eigenvalue weighted by Gasteiger charge is 2.45. The molecule has 0 N–H and O–H groups in total. The van der Waals surface area contributed by atoms with Crippen molar-refractivity contribution in [2.45, 2.75) is 45.4 Å². The van der Waals surface area contributed by atoms with Crippen LogP contribution in [0.5, 0.6) is 0 Å². The van der Waals surface area contributed by atoms with Gasteiger partial charge in [0.15, 0.2) is 0 Å². The molecule has 0 saturated carbocycles. The van der Waals surface area contributed by atoms with Gasteiger partial charge in [-0.3, -0.25) is 0 Å². The van der Waals surface area contributed by atoms with Gasteiger partial charge in [-0.25, -0.2) is 4.98 Å². The van der Waals surface area contributed by atoms with Crippen LogP contribution in [0.1, 0.15) is 66.8 Å². The predicted octanol–water partition coefficient (Wildman–Crippen LogP) is 6.89. The lowest BCUT2D eigenvalue weighted by molar-refractivity contribution is 0.639. The summed E-state index contributed by atoms with van der Waals surface area (Å²) < 4.78 is 0. The lowest BCUT2D eigenvalue weighted by Crippen LogP contribution is -2.24. The maximum absolute atomic E-state index is 4.37. The molecule has 2 aliphatic carbocycles. The van der Waals surface area contributed by atoms with E-state index < -0.39 is 0 Å². The van der Waals surface area contributed by atoms with Crippen molar-refractivity contribution < 1.29 is 0 Å². The maximum Gasteiger partial charge on any atom is 0.113 e. The Bertz CT molecular complexity index is 1470. The molecule has 4 aromatic rings. The zero-order chi connectivity index (χ0) is 21.5. The van der Waals surface area contributed by atoms with Gasteiger partial charge in [0.05, 0.1) is 0 Å². The summed E-state index contributed by atoms with van der Waals surface area (Å²) in [6, 6.07) is 19.8. The first-order valence-corrected chi connectivity index (χ1v) is 11.0. The Balaban J connectivity index is 1.71. The topological polar surface area (TPSA) is 12.9 Å². The molecule has 1 heteroatoms. The van der Waals surface area contributed by atoms with Crippen molar-refractivity contribution in [1.29, 1.82) is 0 Å². The van der Waals surface area contributed by atoms with Crippen LogP contribution >= 0.6 is 0 Å². The zero-order valence-corrected chi connectivity index (χ0v) is 18.7. The lowest BCUT2D eigenvalue weighted by Gasteiger charge is -2.35. The summed E-state index contributed by atoms with van der Waals surface area (Å²) in [7, 11) is 0. The highest BCUT2D eigenvalue weighted by Crippen LogP contribution is 2.59. The van der Waals surface area contributed by atoms with E-state index in [1.807, 2.05) is 18.2 Å². The van der Waals surface area contributed by atoms with Crippen LogP contribution < -0.4 is 0 Å². The first kappa shape index (κ1) is 18.4. The normalized spacial score (nSPS) is 16.2. The number of hydrogen-bond donors (Lipinski definition) is 0. The first-order valence-electron chi connectivity index (χ1n) is 11.0. The summed E-state index contributed by atoms with van der Waals surface area (Å²) in [5.41, 5.74) is 11.7. The van der Waals surface area contributed by atoms with Crippen LogP contribution in [0.15, 0.2) is 60.8 Å². The van der Waals surface area contributed by atoms with E-state index in [4.69, 9.17) is 0 Å². The minimum absolute atomic E-state index is 0.0470. The molecule has 1 aromatic heterocycles. The molecule has 0 fully saturated rings. The van der Waals surface area contributed by atoms with E-state index >= 15 is 0 Å². The molecule has 0 radical (unpaired) electrons. The van der Waals surface area contributed by atoms with Crippen molar-refractivity contribution in [3.63, 3.8) is 0 Å². The van der Waals surface area contributed by atoms with Crippen molar-refractivity contribution in [1.82, 2.24) is 4.98 Å². The molecule has 1 heterocycles. The van der Waals surface area contributed by atoms with E-state index in [0.29, 0.717) is 0 Å².